The minimum absolute atomic E-state index is 0.223. The third kappa shape index (κ3) is 8.64. The van der Waals surface area contributed by atoms with Crippen LogP contribution in [-0.2, 0) is 60.3 Å². The van der Waals surface area contributed by atoms with Crippen molar-refractivity contribution in [2.45, 2.75) is 75.2 Å². The largest absolute Gasteiger partial charge is 0.481 e. The van der Waals surface area contributed by atoms with Gasteiger partial charge in [0.1, 0.15) is 30.5 Å². The number of benzene rings is 5. The van der Waals surface area contributed by atoms with E-state index < -0.39 is 41.9 Å². The van der Waals surface area contributed by atoms with Gasteiger partial charge < -0.3 is 28.8 Å². The Hall–Kier alpha value is -4.34. The van der Waals surface area contributed by atoms with Crippen molar-refractivity contribution in [3.05, 3.63) is 178 Å². The summed E-state index contributed by atoms with van der Waals surface area (Å²) in [7, 11) is 0. The number of hydrogen-bond acceptors (Lipinski definition) is 6. The number of carboxylic acid groups (broad SMARTS) is 1. The SMILES string of the molecule is O=C(O)C1(c2cc([C@@H]3O[C@H](COCc4ccccc4)[C@@H](OCc4ccccc4)[C@H](OCc4ccccc4)[C@H]3OCc3ccccc3)ccc2Cl)CC1. The standard InChI is InChI=1S/C44H43ClO7/c45-37-22-21-35(25-36(37)44(23-24-44)43(46)47)39-41(50-28-33-17-9-3-10-18-33)42(51-29-34-19-11-4-12-20-34)40(49-27-32-15-7-2-8-16-32)38(52-39)30-48-26-31-13-5-1-6-14-31/h1-22,25,38-42H,23-24,26-30H2,(H,46,47)/t38-,39+,40-,41+,42+/m1/s1. The summed E-state index contributed by atoms with van der Waals surface area (Å²) in [6, 6.07) is 45.6. The third-order valence-electron chi connectivity index (χ3n) is 9.88. The first kappa shape index (κ1) is 36.0. The molecule has 1 saturated carbocycles. The Morgan fingerprint density at radius 2 is 1.10 bits per heavy atom. The molecule has 0 aromatic heterocycles. The summed E-state index contributed by atoms with van der Waals surface area (Å²) in [6.45, 7) is 1.57. The van der Waals surface area contributed by atoms with Gasteiger partial charge in [-0.1, -0.05) is 145 Å². The van der Waals surface area contributed by atoms with Crippen molar-refractivity contribution in [2.24, 2.45) is 0 Å². The number of ether oxygens (including phenoxy) is 5. The van der Waals surface area contributed by atoms with Crippen LogP contribution in [0.5, 0.6) is 0 Å². The highest BCUT2D eigenvalue weighted by molar-refractivity contribution is 6.31. The van der Waals surface area contributed by atoms with Gasteiger partial charge in [0.2, 0.25) is 0 Å². The van der Waals surface area contributed by atoms with E-state index in [0.717, 1.165) is 27.8 Å². The first-order valence-corrected chi connectivity index (χ1v) is 18.1. The number of aliphatic carboxylic acids is 1. The zero-order chi connectivity index (χ0) is 35.8. The van der Waals surface area contributed by atoms with E-state index in [4.69, 9.17) is 35.3 Å². The second kappa shape index (κ2) is 17.0. The van der Waals surface area contributed by atoms with E-state index in [-0.39, 0.29) is 6.61 Å². The number of carbonyl (C=O) groups is 1. The highest BCUT2D eigenvalue weighted by Crippen LogP contribution is 2.52. The predicted octanol–water partition coefficient (Wildman–Crippen LogP) is 8.87. The van der Waals surface area contributed by atoms with Crippen molar-refractivity contribution >= 4 is 17.6 Å². The molecule has 7 rings (SSSR count). The molecular weight excluding hydrogens is 676 g/mol. The monoisotopic (exact) mass is 718 g/mol. The molecule has 1 aliphatic heterocycles. The lowest BCUT2D eigenvalue weighted by atomic mass is 9.87. The van der Waals surface area contributed by atoms with E-state index in [1.165, 1.54) is 0 Å². The molecule has 5 aromatic carbocycles. The van der Waals surface area contributed by atoms with Crippen LogP contribution >= 0.6 is 11.6 Å². The maximum Gasteiger partial charge on any atom is 0.314 e. The van der Waals surface area contributed by atoms with E-state index in [2.05, 4.69) is 0 Å². The Morgan fingerprint density at radius 1 is 0.635 bits per heavy atom. The lowest BCUT2D eigenvalue weighted by Gasteiger charge is -2.46. The van der Waals surface area contributed by atoms with Crippen LogP contribution in [0.2, 0.25) is 5.02 Å². The van der Waals surface area contributed by atoms with E-state index in [9.17, 15) is 9.90 Å². The predicted molar refractivity (Wildman–Crippen MR) is 199 cm³/mol. The maximum atomic E-state index is 12.5. The van der Waals surface area contributed by atoms with Crippen molar-refractivity contribution in [3.8, 4) is 0 Å². The molecule has 2 aliphatic rings. The quantitative estimate of drug-likeness (QED) is 0.109. The second-order valence-corrected chi connectivity index (χ2v) is 13.9. The Labute approximate surface area is 310 Å². The molecule has 1 aliphatic carbocycles. The zero-order valence-corrected chi connectivity index (χ0v) is 29.6. The Balaban J connectivity index is 1.27. The van der Waals surface area contributed by atoms with Crippen LogP contribution in [0.1, 0.15) is 52.3 Å². The molecule has 0 amide bonds. The van der Waals surface area contributed by atoms with Crippen LogP contribution < -0.4 is 0 Å². The van der Waals surface area contributed by atoms with Crippen molar-refractivity contribution in [1.29, 1.82) is 0 Å². The molecule has 52 heavy (non-hydrogen) atoms. The molecule has 0 spiro atoms. The van der Waals surface area contributed by atoms with Gasteiger partial charge in [-0.2, -0.15) is 0 Å². The molecule has 5 aromatic rings. The van der Waals surface area contributed by atoms with Crippen molar-refractivity contribution in [1.82, 2.24) is 0 Å². The molecule has 5 atom stereocenters. The Morgan fingerprint density at radius 3 is 1.58 bits per heavy atom. The van der Waals surface area contributed by atoms with Crippen LogP contribution in [0, 0.1) is 0 Å². The molecule has 1 heterocycles. The number of carboxylic acids is 1. The summed E-state index contributed by atoms with van der Waals surface area (Å²) in [5, 5.41) is 10.6. The first-order chi connectivity index (χ1) is 25.5. The van der Waals surface area contributed by atoms with E-state index >= 15 is 0 Å². The smallest absolute Gasteiger partial charge is 0.314 e. The Bertz CT molecular complexity index is 1870. The Kier molecular flexibility index (Phi) is 11.8. The third-order valence-corrected chi connectivity index (χ3v) is 10.2. The number of halogens is 1. The van der Waals surface area contributed by atoms with E-state index in [1.54, 1.807) is 6.07 Å². The van der Waals surface area contributed by atoms with Gasteiger partial charge in [0.05, 0.1) is 38.4 Å². The molecule has 268 valence electrons. The summed E-state index contributed by atoms with van der Waals surface area (Å²) in [5.41, 5.74) is 4.41. The molecule has 8 heteroatoms. The second-order valence-electron chi connectivity index (χ2n) is 13.5. The molecule has 2 fully saturated rings. The van der Waals surface area contributed by atoms with E-state index in [1.807, 2.05) is 133 Å². The van der Waals surface area contributed by atoms with Crippen molar-refractivity contribution in [3.63, 3.8) is 0 Å². The average Bonchev–Trinajstić information content (AvgIpc) is 4.00. The van der Waals surface area contributed by atoms with Gasteiger partial charge in [0.25, 0.3) is 0 Å². The van der Waals surface area contributed by atoms with Gasteiger partial charge in [-0.15, -0.1) is 0 Å². The molecule has 0 unspecified atom stereocenters. The summed E-state index contributed by atoms with van der Waals surface area (Å²) in [5.74, 6) is -0.876. The summed E-state index contributed by atoms with van der Waals surface area (Å²) in [6.07, 6.45) is -2.01. The van der Waals surface area contributed by atoms with Crippen LogP contribution in [0.4, 0.5) is 0 Å². The molecule has 1 saturated heterocycles. The molecule has 0 radical (unpaired) electrons. The lowest BCUT2D eigenvalue weighted by molar-refractivity contribution is -0.275. The fourth-order valence-electron chi connectivity index (χ4n) is 6.87. The van der Waals surface area contributed by atoms with Crippen LogP contribution in [0.25, 0.3) is 0 Å². The normalized spacial score (nSPS) is 22.1. The van der Waals surface area contributed by atoms with Gasteiger partial charge in [0, 0.05) is 5.02 Å². The molecule has 1 N–H and O–H groups in total. The van der Waals surface area contributed by atoms with Crippen molar-refractivity contribution < 1.29 is 33.6 Å². The number of hydrogen-bond donors (Lipinski definition) is 1. The van der Waals surface area contributed by atoms with Gasteiger partial charge >= 0.3 is 5.97 Å². The lowest BCUT2D eigenvalue weighted by Crippen LogP contribution is -2.58. The van der Waals surface area contributed by atoms with Crippen LogP contribution in [-0.4, -0.2) is 42.1 Å². The number of rotatable bonds is 16. The first-order valence-electron chi connectivity index (χ1n) is 17.8. The van der Waals surface area contributed by atoms with E-state index in [0.29, 0.717) is 49.9 Å². The summed E-state index contributed by atoms with van der Waals surface area (Å²) in [4.78, 5) is 12.5. The van der Waals surface area contributed by atoms with Gasteiger partial charge in [-0.05, 0) is 52.3 Å². The maximum absolute atomic E-state index is 12.5. The fourth-order valence-corrected chi connectivity index (χ4v) is 7.17. The minimum atomic E-state index is -1.01. The van der Waals surface area contributed by atoms with Gasteiger partial charge in [-0.3, -0.25) is 4.79 Å². The highest BCUT2D eigenvalue weighted by Gasteiger charge is 2.54. The molecule has 0 bridgehead atoms. The highest BCUT2D eigenvalue weighted by atomic mass is 35.5. The zero-order valence-electron chi connectivity index (χ0n) is 28.9. The van der Waals surface area contributed by atoms with Crippen LogP contribution in [0.3, 0.4) is 0 Å². The topological polar surface area (TPSA) is 83.5 Å². The minimum Gasteiger partial charge on any atom is -0.481 e. The fraction of sp³-hybridized carbons (Fsp3) is 0.295. The molecular formula is C44H43ClO7. The summed E-state index contributed by atoms with van der Waals surface area (Å²) < 4.78 is 33.9. The van der Waals surface area contributed by atoms with Gasteiger partial charge in [0.15, 0.2) is 0 Å². The summed E-state index contributed by atoms with van der Waals surface area (Å²) >= 11 is 6.71. The van der Waals surface area contributed by atoms with Crippen molar-refractivity contribution in [2.75, 3.05) is 6.61 Å². The van der Waals surface area contributed by atoms with Gasteiger partial charge in [-0.25, -0.2) is 0 Å². The van der Waals surface area contributed by atoms with Crippen LogP contribution in [0.15, 0.2) is 140 Å². The average molecular weight is 719 g/mol. The molecule has 7 nitrogen and oxygen atoms in total.